The summed E-state index contributed by atoms with van der Waals surface area (Å²) in [5.74, 6) is 0. The van der Waals surface area contributed by atoms with Crippen LogP contribution < -0.4 is 0 Å². The van der Waals surface area contributed by atoms with Gasteiger partial charge in [-0.25, -0.2) is 4.99 Å². The quantitative estimate of drug-likeness (QED) is 0.486. The van der Waals surface area contributed by atoms with Gasteiger partial charge in [0.15, 0.2) is 6.23 Å². The molecule has 2 saturated heterocycles. The van der Waals surface area contributed by atoms with E-state index < -0.39 is 30.6 Å². The van der Waals surface area contributed by atoms with Crippen molar-refractivity contribution in [3.05, 3.63) is 0 Å². The number of fused-ring (bicyclic) bond motifs is 1. The number of unbranched alkanes of at least 4 members (excludes halogenated alkanes) is 5. The Morgan fingerprint density at radius 3 is 2.41 bits per heavy atom. The highest BCUT2D eigenvalue weighted by atomic mass is 16.5. The van der Waals surface area contributed by atoms with E-state index in [1.54, 1.807) is 0 Å². The third-order valence-corrected chi connectivity index (χ3v) is 4.40. The molecule has 0 saturated carbocycles. The van der Waals surface area contributed by atoms with Gasteiger partial charge in [0.25, 0.3) is 6.02 Å². The fourth-order valence-electron chi connectivity index (χ4n) is 2.99. The van der Waals surface area contributed by atoms with E-state index in [-0.39, 0.29) is 12.6 Å². The highest BCUT2D eigenvalue weighted by Gasteiger charge is 2.52. The van der Waals surface area contributed by atoms with E-state index in [1.807, 2.05) is 0 Å². The summed E-state index contributed by atoms with van der Waals surface area (Å²) in [5.41, 5.74) is 0. The van der Waals surface area contributed by atoms with Crippen molar-refractivity contribution >= 4 is 6.02 Å². The molecule has 0 aromatic heterocycles. The van der Waals surface area contributed by atoms with Crippen LogP contribution in [-0.4, -0.2) is 75.1 Å². The monoisotopic (exact) mass is 316 g/mol. The molecule has 0 aromatic carbocycles. The van der Waals surface area contributed by atoms with Crippen LogP contribution in [0.5, 0.6) is 0 Å². The molecular weight excluding hydrogens is 288 g/mol. The predicted molar refractivity (Wildman–Crippen MR) is 81.3 cm³/mol. The van der Waals surface area contributed by atoms with E-state index in [9.17, 15) is 20.4 Å². The summed E-state index contributed by atoms with van der Waals surface area (Å²) < 4.78 is 5.42. The minimum Gasteiger partial charge on any atom is -0.463 e. The SMILES string of the molecule is CCCCCCCC/N=C1/OC[C@@H]2[C@H](O)[C@H](O)[C@@H](O)[C@@H](O)N12. The van der Waals surface area contributed by atoms with Gasteiger partial charge in [0.2, 0.25) is 0 Å². The molecule has 2 fully saturated rings. The van der Waals surface area contributed by atoms with Crippen LogP contribution in [0.3, 0.4) is 0 Å². The van der Waals surface area contributed by atoms with Gasteiger partial charge >= 0.3 is 0 Å². The van der Waals surface area contributed by atoms with Crippen LogP contribution in [-0.2, 0) is 4.74 Å². The van der Waals surface area contributed by atoms with E-state index in [0.717, 1.165) is 12.8 Å². The van der Waals surface area contributed by atoms with Gasteiger partial charge in [0.1, 0.15) is 24.9 Å². The number of aliphatic hydroxyl groups is 4. The molecule has 5 atom stereocenters. The Kier molecular flexibility index (Phi) is 6.43. The Bertz CT molecular complexity index is 379. The van der Waals surface area contributed by atoms with Crippen molar-refractivity contribution in [2.45, 2.75) is 76.0 Å². The number of hydrogen-bond acceptors (Lipinski definition) is 6. The highest BCUT2D eigenvalue weighted by molar-refractivity contribution is 5.76. The molecule has 0 aliphatic carbocycles. The number of aliphatic hydroxyl groups excluding tert-OH is 4. The summed E-state index contributed by atoms with van der Waals surface area (Å²) in [6, 6.07) is -0.326. The fourth-order valence-corrected chi connectivity index (χ4v) is 2.99. The summed E-state index contributed by atoms with van der Waals surface area (Å²) in [5, 5.41) is 39.4. The zero-order chi connectivity index (χ0) is 16.1. The van der Waals surface area contributed by atoms with Crippen LogP contribution in [0.15, 0.2) is 4.99 Å². The summed E-state index contributed by atoms with van der Waals surface area (Å²) in [6.07, 6.45) is 1.67. The molecule has 0 radical (unpaired) electrons. The van der Waals surface area contributed by atoms with E-state index in [1.165, 1.54) is 30.6 Å². The molecule has 0 spiro atoms. The van der Waals surface area contributed by atoms with Crippen molar-refractivity contribution in [1.29, 1.82) is 0 Å². The van der Waals surface area contributed by atoms with E-state index >= 15 is 0 Å². The smallest absolute Gasteiger partial charge is 0.290 e. The Hall–Kier alpha value is -0.890. The molecule has 22 heavy (non-hydrogen) atoms. The maximum atomic E-state index is 10.1. The summed E-state index contributed by atoms with van der Waals surface area (Å²) in [4.78, 5) is 5.70. The Morgan fingerprint density at radius 2 is 1.68 bits per heavy atom. The number of piperidine rings is 1. The molecule has 0 amide bonds. The van der Waals surface area contributed by atoms with E-state index in [4.69, 9.17) is 4.74 Å². The molecule has 128 valence electrons. The molecule has 0 aromatic rings. The van der Waals surface area contributed by atoms with Crippen LogP contribution in [0.2, 0.25) is 0 Å². The predicted octanol–water partition coefficient (Wildman–Crippen LogP) is -0.182. The summed E-state index contributed by atoms with van der Waals surface area (Å²) >= 11 is 0. The Balaban J connectivity index is 1.84. The lowest BCUT2D eigenvalue weighted by atomic mass is 9.94. The van der Waals surface area contributed by atoms with Gasteiger partial charge in [-0.15, -0.1) is 0 Å². The van der Waals surface area contributed by atoms with Gasteiger partial charge in [-0.05, 0) is 6.42 Å². The van der Waals surface area contributed by atoms with Crippen molar-refractivity contribution in [3.8, 4) is 0 Å². The second-order valence-corrected chi connectivity index (χ2v) is 6.10. The molecule has 2 heterocycles. The number of rotatable bonds is 7. The molecule has 2 aliphatic heterocycles. The standard InChI is InChI=1S/C15H28N2O5/c1-2-3-4-5-6-7-8-16-15-17-10(9-22-15)11(18)12(19)13(20)14(17)21/h10-14,18-21H,2-9H2,1H3/b16-15+/t10-,11+,12+,13-,14-/m1/s1. The lowest BCUT2D eigenvalue weighted by molar-refractivity contribution is -0.190. The first-order chi connectivity index (χ1) is 10.6. The second kappa shape index (κ2) is 8.10. The largest absolute Gasteiger partial charge is 0.463 e. The van der Waals surface area contributed by atoms with Crippen molar-refractivity contribution in [1.82, 2.24) is 4.90 Å². The van der Waals surface area contributed by atoms with Crippen molar-refractivity contribution in [3.63, 3.8) is 0 Å². The van der Waals surface area contributed by atoms with Crippen molar-refractivity contribution < 1.29 is 25.2 Å². The molecule has 2 rings (SSSR count). The van der Waals surface area contributed by atoms with Crippen LogP contribution in [0.25, 0.3) is 0 Å². The fraction of sp³-hybridized carbons (Fsp3) is 0.933. The zero-order valence-electron chi connectivity index (χ0n) is 13.1. The van der Waals surface area contributed by atoms with E-state index in [0.29, 0.717) is 6.54 Å². The average Bonchev–Trinajstić information content (AvgIpc) is 2.94. The summed E-state index contributed by atoms with van der Waals surface area (Å²) in [6.45, 7) is 2.92. The van der Waals surface area contributed by atoms with Crippen molar-refractivity contribution in [2.75, 3.05) is 13.2 Å². The first-order valence-corrected chi connectivity index (χ1v) is 8.25. The third-order valence-electron chi connectivity index (χ3n) is 4.40. The number of nitrogens with zero attached hydrogens (tertiary/aromatic N) is 2. The number of hydrogen-bond donors (Lipinski definition) is 4. The number of aliphatic imine (C=N–C) groups is 1. The minimum atomic E-state index is -1.44. The van der Waals surface area contributed by atoms with Crippen LogP contribution >= 0.6 is 0 Å². The molecule has 4 N–H and O–H groups in total. The normalized spacial score (nSPS) is 36.5. The summed E-state index contributed by atoms with van der Waals surface area (Å²) in [7, 11) is 0. The molecule has 0 unspecified atom stereocenters. The topological polar surface area (TPSA) is 106 Å². The Labute approximate surface area is 131 Å². The van der Waals surface area contributed by atoms with E-state index in [2.05, 4.69) is 11.9 Å². The van der Waals surface area contributed by atoms with Crippen molar-refractivity contribution in [2.24, 2.45) is 4.99 Å². The van der Waals surface area contributed by atoms with Gasteiger partial charge in [-0.2, -0.15) is 0 Å². The average molecular weight is 316 g/mol. The molecular formula is C15H28N2O5. The highest BCUT2D eigenvalue weighted by Crippen LogP contribution is 2.28. The second-order valence-electron chi connectivity index (χ2n) is 6.10. The molecule has 2 aliphatic rings. The van der Waals surface area contributed by atoms with Gasteiger partial charge in [-0.3, -0.25) is 4.90 Å². The molecule has 7 heteroatoms. The maximum Gasteiger partial charge on any atom is 0.290 e. The first kappa shape index (κ1) is 17.5. The number of ether oxygens (including phenoxy) is 1. The molecule has 7 nitrogen and oxygen atoms in total. The van der Waals surface area contributed by atoms with Crippen LogP contribution in [0.4, 0.5) is 0 Å². The lowest BCUT2D eigenvalue weighted by Gasteiger charge is -2.42. The van der Waals surface area contributed by atoms with Gasteiger partial charge in [0, 0.05) is 6.54 Å². The zero-order valence-corrected chi connectivity index (χ0v) is 13.1. The van der Waals surface area contributed by atoms with Gasteiger partial charge < -0.3 is 25.2 Å². The minimum absolute atomic E-state index is 0.150. The number of amidine groups is 1. The Morgan fingerprint density at radius 1 is 1.00 bits per heavy atom. The van der Waals surface area contributed by atoms with Crippen LogP contribution in [0.1, 0.15) is 45.4 Å². The molecule has 0 bridgehead atoms. The maximum absolute atomic E-state index is 10.1. The third kappa shape index (κ3) is 3.71. The first-order valence-electron chi connectivity index (χ1n) is 8.25. The van der Waals surface area contributed by atoms with Crippen LogP contribution in [0, 0.1) is 0 Å². The lowest BCUT2D eigenvalue weighted by Crippen LogP contribution is -2.65. The van der Waals surface area contributed by atoms with Gasteiger partial charge in [-0.1, -0.05) is 39.0 Å². The van der Waals surface area contributed by atoms with Gasteiger partial charge in [0.05, 0.1) is 6.04 Å².